The second kappa shape index (κ2) is 4.23. The van der Waals surface area contributed by atoms with Crippen LogP contribution in [0.3, 0.4) is 0 Å². The van der Waals surface area contributed by atoms with Crippen molar-refractivity contribution in [2.24, 2.45) is 0 Å². The molecule has 0 unspecified atom stereocenters. The van der Waals surface area contributed by atoms with E-state index in [1.807, 2.05) is 31.2 Å². The fourth-order valence-electron chi connectivity index (χ4n) is 1.73. The van der Waals surface area contributed by atoms with Gasteiger partial charge < -0.3 is 9.72 Å². The van der Waals surface area contributed by atoms with Crippen LogP contribution in [0.15, 0.2) is 36.5 Å². The number of esters is 1. The first-order valence-corrected chi connectivity index (χ1v) is 5.05. The monoisotopic (exact) mass is 215 g/mol. The minimum absolute atomic E-state index is 0.320. The van der Waals surface area contributed by atoms with Crippen molar-refractivity contribution in [1.82, 2.24) is 4.98 Å². The van der Waals surface area contributed by atoms with Crippen LogP contribution in [0, 0.1) is 6.92 Å². The van der Waals surface area contributed by atoms with Gasteiger partial charge in [0, 0.05) is 11.8 Å². The molecule has 0 bridgehead atoms. The van der Waals surface area contributed by atoms with Gasteiger partial charge >= 0.3 is 5.97 Å². The molecular formula is C13H13NO2. The van der Waals surface area contributed by atoms with Gasteiger partial charge in [0.1, 0.15) is 0 Å². The first kappa shape index (κ1) is 10.5. The van der Waals surface area contributed by atoms with Gasteiger partial charge in [-0.2, -0.15) is 0 Å². The number of aromatic nitrogens is 1. The molecule has 0 saturated carbocycles. The van der Waals surface area contributed by atoms with Crippen molar-refractivity contribution in [2.75, 3.05) is 7.11 Å². The number of H-pyrrole nitrogens is 1. The summed E-state index contributed by atoms with van der Waals surface area (Å²) in [5.41, 5.74) is 3.52. The zero-order chi connectivity index (χ0) is 11.5. The highest BCUT2D eigenvalue weighted by Crippen LogP contribution is 2.25. The topological polar surface area (TPSA) is 42.1 Å². The van der Waals surface area contributed by atoms with Crippen LogP contribution in [0.1, 0.15) is 15.9 Å². The summed E-state index contributed by atoms with van der Waals surface area (Å²) in [7, 11) is 1.39. The van der Waals surface area contributed by atoms with Gasteiger partial charge in [0.2, 0.25) is 0 Å². The van der Waals surface area contributed by atoms with Gasteiger partial charge in [0.05, 0.1) is 18.4 Å². The van der Waals surface area contributed by atoms with Crippen LogP contribution >= 0.6 is 0 Å². The van der Waals surface area contributed by atoms with Gasteiger partial charge in [-0.1, -0.05) is 24.3 Å². The van der Waals surface area contributed by atoms with Crippen LogP contribution in [0.4, 0.5) is 0 Å². The van der Waals surface area contributed by atoms with Crippen molar-refractivity contribution in [1.29, 1.82) is 0 Å². The maximum atomic E-state index is 11.5. The van der Waals surface area contributed by atoms with Crippen molar-refractivity contribution in [2.45, 2.75) is 6.92 Å². The normalized spacial score (nSPS) is 10.1. The van der Waals surface area contributed by atoms with E-state index in [4.69, 9.17) is 4.74 Å². The van der Waals surface area contributed by atoms with E-state index in [2.05, 4.69) is 4.98 Å². The number of ether oxygens (including phenoxy) is 1. The Morgan fingerprint density at radius 1 is 1.25 bits per heavy atom. The molecule has 2 rings (SSSR count). The van der Waals surface area contributed by atoms with Crippen LogP contribution < -0.4 is 0 Å². The minimum Gasteiger partial charge on any atom is -0.465 e. The highest BCUT2D eigenvalue weighted by molar-refractivity contribution is 5.96. The molecule has 16 heavy (non-hydrogen) atoms. The molecule has 0 aliphatic carbocycles. The third kappa shape index (κ3) is 1.72. The maximum Gasteiger partial charge on any atom is 0.340 e. The van der Waals surface area contributed by atoms with Gasteiger partial charge in [-0.15, -0.1) is 0 Å². The molecule has 0 aliphatic rings. The summed E-state index contributed by atoms with van der Waals surface area (Å²) < 4.78 is 4.74. The zero-order valence-corrected chi connectivity index (χ0v) is 9.28. The Bertz CT molecular complexity index is 514. The SMILES string of the molecule is COC(=O)c1cc[nH]c1-c1ccccc1C. The second-order valence-corrected chi connectivity index (χ2v) is 3.57. The molecule has 0 spiro atoms. The van der Waals surface area contributed by atoms with E-state index in [0.717, 1.165) is 16.8 Å². The number of aromatic amines is 1. The summed E-state index contributed by atoms with van der Waals surface area (Å²) >= 11 is 0. The third-order valence-electron chi connectivity index (χ3n) is 2.57. The molecule has 0 saturated heterocycles. The fraction of sp³-hybridized carbons (Fsp3) is 0.154. The average molecular weight is 215 g/mol. The molecule has 0 aliphatic heterocycles. The molecule has 82 valence electrons. The van der Waals surface area contributed by atoms with E-state index >= 15 is 0 Å². The van der Waals surface area contributed by atoms with Gasteiger partial charge in [0.25, 0.3) is 0 Å². The molecule has 3 nitrogen and oxygen atoms in total. The van der Waals surface area contributed by atoms with E-state index in [9.17, 15) is 4.79 Å². The number of hydrogen-bond acceptors (Lipinski definition) is 2. The molecule has 1 heterocycles. The molecule has 1 N–H and O–H groups in total. The van der Waals surface area contributed by atoms with E-state index in [1.54, 1.807) is 12.3 Å². The smallest absolute Gasteiger partial charge is 0.340 e. The maximum absolute atomic E-state index is 11.5. The lowest BCUT2D eigenvalue weighted by Gasteiger charge is -2.05. The van der Waals surface area contributed by atoms with Crippen LogP contribution in [0.2, 0.25) is 0 Å². The molecular weight excluding hydrogens is 202 g/mol. The Kier molecular flexibility index (Phi) is 2.77. The third-order valence-corrected chi connectivity index (χ3v) is 2.57. The van der Waals surface area contributed by atoms with E-state index in [1.165, 1.54) is 7.11 Å². The van der Waals surface area contributed by atoms with Crippen molar-refractivity contribution in [3.05, 3.63) is 47.7 Å². The zero-order valence-electron chi connectivity index (χ0n) is 9.28. The second-order valence-electron chi connectivity index (χ2n) is 3.57. The van der Waals surface area contributed by atoms with Gasteiger partial charge in [-0.3, -0.25) is 0 Å². The Morgan fingerprint density at radius 3 is 2.69 bits per heavy atom. The first-order chi connectivity index (χ1) is 7.74. The standard InChI is InChI=1S/C13H13NO2/c1-9-5-3-4-6-10(9)12-11(7-8-14-12)13(15)16-2/h3-8,14H,1-2H3. The molecule has 0 fully saturated rings. The summed E-state index contributed by atoms with van der Waals surface area (Å²) in [6, 6.07) is 9.64. The van der Waals surface area contributed by atoms with E-state index in [0.29, 0.717) is 5.56 Å². The number of aryl methyl sites for hydroxylation is 1. The van der Waals surface area contributed by atoms with Gasteiger partial charge in [0.15, 0.2) is 0 Å². The molecule has 3 heteroatoms. The van der Waals surface area contributed by atoms with Crippen LogP contribution in [-0.4, -0.2) is 18.1 Å². The highest BCUT2D eigenvalue weighted by Gasteiger charge is 2.15. The quantitative estimate of drug-likeness (QED) is 0.783. The lowest BCUT2D eigenvalue weighted by atomic mass is 10.0. The van der Waals surface area contributed by atoms with Crippen LogP contribution in [0.25, 0.3) is 11.3 Å². The number of carbonyl (C=O) groups is 1. The number of hydrogen-bond donors (Lipinski definition) is 1. The Morgan fingerprint density at radius 2 is 2.00 bits per heavy atom. The molecule has 0 radical (unpaired) electrons. The minimum atomic E-state index is -0.320. The van der Waals surface area contributed by atoms with Crippen molar-refractivity contribution in [3.8, 4) is 11.3 Å². The van der Waals surface area contributed by atoms with Crippen LogP contribution in [-0.2, 0) is 4.74 Å². The lowest BCUT2D eigenvalue weighted by Crippen LogP contribution is -2.01. The Hall–Kier alpha value is -2.03. The van der Waals surface area contributed by atoms with Crippen molar-refractivity contribution >= 4 is 5.97 Å². The molecule has 1 aromatic carbocycles. The summed E-state index contributed by atoms with van der Waals surface area (Å²) in [5.74, 6) is -0.320. The first-order valence-electron chi connectivity index (χ1n) is 5.05. The number of carbonyl (C=O) groups excluding carboxylic acids is 1. The largest absolute Gasteiger partial charge is 0.465 e. The Labute approximate surface area is 94.1 Å². The fourth-order valence-corrected chi connectivity index (χ4v) is 1.73. The van der Waals surface area contributed by atoms with E-state index < -0.39 is 0 Å². The van der Waals surface area contributed by atoms with Crippen molar-refractivity contribution in [3.63, 3.8) is 0 Å². The van der Waals surface area contributed by atoms with E-state index in [-0.39, 0.29) is 5.97 Å². The van der Waals surface area contributed by atoms with Crippen LogP contribution in [0.5, 0.6) is 0 Å². The molecule has 1 aromatic heterocycles. The summed E-state index contributed by atoms with van der Waals surface area (Å²) in [4.78, 5) is 14.6. The van der Waals surface area contributed by atoms with Gasteiger partial charge in [-0.05, 0) is 18.6 Å². The highest BCUT2D eigenvalue weighted by atomic mass is 16.5. The summed E-state index contributed by atoms with van der Waals surface area (Å²) in [6.07, 6.45) is 1.74. The lowest BCUT2D eigenvalue weighted by molar-refractivity contribution is 0.0602. The number of benzene rings is 1. The Balaban J connectivity index is 2.53. The number of methoxy groups -OCH3 is 1. The molecule has 0 amide bonds. The van der Waals surface area contributed by atoms with Crippen molar-refractivity contribution < 1.29 is 9.53 Å². The molecule has 2 aromatic rings. The summed E-state index contributed by atoms with van der Waals surface area (Å²) in [6.45, 7) is 2.01. The molecule has 0 atom stereocenters. The van der Waals surface area contributed by atoms with Gasteiger partial charge in [-0.25, -0.2) is 4.79 Å². The number of nitrogens with one attached hydrogen (secondary N) is 1. The number of rotatable bonds is 2. The average Bonchev–Trinajstić information content (AvgIpc) is 2.77. The summed E-state index contributed by atoms with van der Waals surface area (Å²) in [5, 5.41) is 0. The predicted molar refractivity (Wildman–Crippen MR) is 62.3 cm³/mol. The predicted octanol–water partition coefficient (Wildman–Crippen LogP) is 2.78.